The number of rotatable bonds is 3. The van der Waals surface area contributed by atoms with E-state index in [9.17, 15) is 4.57 Å². The fraction of sp³-hybridized carbons (Fsp3) is 0.0526. The van der Waals surface area contributed by atoms with Gasteiger partial charge in [0.05, 0.1) is 0 Å². The summed E-state index contributed by atoms with van der Waals surface area (Å²) in [5.41, 5.74) is 1.10. The van der Waals surface area contributed by atoms with E-state index in [-0.39, 0.29) is 0 Å². The van der Waals surface area contributed by atoms with Gasteiger partial charge in [-0.25, -0.2) is 0 Å². The largest absolute Gasteiger partial charge is 0.309 e. The summed E-state index contributed by atoms with van der Waals surface area (Å²) in [6.07, 6.45) is 0. The lowest BCUT2D eigenvalue weighted by Gasteiger charge is -2.21. The predicted octanol–water partition coefficient (Wildman–Crippen LogP) is 4.40. The Labute approximate surface area is 139 Å². The summed E-state index contributed by atoms with van der Waals surface area (Å²) in [4.78, 5) is 0. The van der Waals surface area contributed by atoms with Gasteiger partial charge in [0.1, 0.15) is 0 Å². The third kappa shape index (κ3) is 2.69. The van der Waals surface area contributed by atoms with Gasteiger partial charge < -0.3 is 4.57 Å². The lowest BCUT2D eigenvalue weighted by molar-refractivity contribution is 0.592. The zero-order chi connectivity index (χ0) is 15.6. The second-order valence-corrected chi connectivity index (χ2v) is 8.82. The first-order chi connectivity index (χ1) is 10.6. The van der Waals surface area contributed by atoms with Gasteiger partial charge in [-0.15, -0.1) is 0 Å². The van der Waals surface area contributed by atoms with Gasteiger partial charge in [0.15, 0.2) is 7.14 Å². The molecule has 0 aliphatic heterocycles. The van der Waals surface area contributed by atoms with E-state index in [1.165, 1.54) is 0 Å². The molecular formula is C19H16BrOP. The van der Waals surface area contributed by atoms with Gasteiger partial charge in [-0.05, 0) is 19.1 Å². The zero-order valence-electron chi connectivity index (χ0n) is 12.2. The van der Waals surface area contributed by atoms with E-state index < -0.39 is 7.14 Å². The maximum absolute atomic E-state index is 14.2. The SMILES string of the molecule is Cc1ccc(Br)c(P(=O)(c2ccccc2)c2ccccc2)c1. The average Bonchev–Trinajstić information content (AvgIpc) is 2.58. The fourth-order valence-corrected chi connectivity index (χ4v) is 6.36. The molecule has 1 nitrogen and oxygen atoms in total. The summed E-state index contributed by atoms with van der Waals surface area (Å²) in [5, 5.41) is 2.56. The van der Waals surface area contributed by atoms with Crippen LogP contribution in [0, 0.1) is 6.92 Å². The summed E-state index contributed by atoms with van der Waals surface area (Å²) >= 11 is 3.59. The quantitative estimate of drug-likeness (QED) is 0.624. The first kappa shape index (κ1) is 15.3. The molecule has 0 heterocycles. The molecule has 0 radical (unpaired) electrons. The third-order valence-electron chi connectivity index (χ3n) is 3.68. The molecule has 0 saturated heterocycles. The molecule has 0 saturated carbocycles. The second kappa shape index (κ2) is 6.24. The number of hydrogen-bond acceptors (Lipinski definition) is 1. The minimum atomic E-state index is -2.89. The van der Waals surface area contributed by atoms with E-state index in [1.807, 2.05) is 85.8 Å². The fourth-order valence-electron chi connectivity index (χ4n) is 2.57. The summed E-state index contributed by atoms with van der Waals surface area (Å²) in [5.74, 6) is 0. The maximum atomic E-state index is 14.2. The van der Waals surface area contributed by atoms with Gasteiger partial charge in [0.2, 0.25) is 0 Å². The molecule has 110 valence electrons. The van der Waals surface area contributed by atoms with Crippen molar-refractivity contribution in [2.75, 3.05) is 0 Å². The molecule has 0 amide bonds. The molecule has 3 aromatic carbocycles. The summed E-state index contributed by atoms with van der Waals surface area (Å²) in [6.45, 7) is 2.02. The van der Waals surface area contributed by atoms with Crippen molar-refractivity contribution in [3.63, 3.8) is 0 Å². The number of aryl methyl sites for hydroxylation is 1. The van der Waals surface area contributed by atoms with Crippen LogP contribution in [0.3, 0.4) is 0 Å². The molecule has 3 heteroatoms. The van der Waals surface area contributed by atoms with Gasteiger partial charge in [-0.2, -0.15) is 0 Å². The van der Waals surface area contributed by atoms with Crippen molar-refractivity contribution < 1.29 is 4.57 Å². The van der Waals surface area contributed by atoms with E-state index in [1.54, 1.807) is 0 Å². The van der Waals surface area contributed by atoms with Crippen LogP contribution in [-0.4, -0.2) is 0 Å². The van der Waals surface area contributed by atoms with E-state index in [4.69, 9.17) is 0 Å². The van der Waals surface area contributed by atoms with Gasteiger partial charge in [0, 0.05) is 20.4 Å². The molecule has 0 atom stereocenters. The van der Waals surface area contributed by atoms with Crippen molar-refractivity contribution in [2.45, 2.75) is 6.92 Å². The highest BCUT2D eigenvalue weighted by Gasteiger charge is 2.31. The predicted molar refractivity (Wildman–Crippen MR) is 98.3 cm³/mol. The molecule has 0 aromatic heterocycles. The third-order valence-corrected chi connectivity index (χ3v) is 7.78. The van der Waals surface area contributed by atoms with Crippen LogP contribution in [0.4, 0.5) is 0 Å². The van der Waals surface area contributed by atoms with Gasteiger partial charge in [0.25, 0.3) is 0 Å². The number of benzene rings is 3. The van der Waals surface area contributed by atoms with Crippen LogP contribution >= 0.6 is 23.1 Å². The van der Waals surface area contributed by atoms with Gasteiger partial charge in [-0.1, -0.05) is 88.2 Å². The molecule has 0 N–H and O–H groups in total. The molecule has 0 spiro atoms. The molecule has 3 rings (SSSR count). The van der Waals surface area contributed by atoms with Gasteiger partial charge >= 0.3 is 0 Å². The normalized spacial score (nSPS) is 11.4. The number of hydrogen-bond donors (Lipinski definition) is 0. The monoisotopic (exact) mass is 370 g/mol. The Kier molecular flexibility index (Phi) is 4.33. The molecule has 22 heavy (non-hydrogen) atoms. The molecule has 0 aliphatic rings. The van der Waals surface area contributed by atoms with Crippen molar-refractivity contribution in [1.82, 2.24) is 0 Å². The lowest BCUT2D eigenvalue weighted by Crippen LogP contribution is -2.26. The van der Waals surface area contributed by atoms with Crippen molar-refractivity contribution in [1.29, 1.82) is 0 Å². The van der Waals surface area contributed by atoms with Crippen LogP contribution in [0.5, 0.6) is 0 Å². The van der Waals surface area contributed by atoms with Crippen LogP contribution in [0.25, 0.3) is 0 Å². The van der Waals surface area contributed by atoms with E-state index in [0.717, 1.165) is 25.9 Å². The smallest absolute Gasteiger partial charge is 0.172 e. The lowest BCUT2D eigenvalue weighted by atomic mass is 10.2. The topological polar surface area (TPSA) is 17.1 Å². The standard InChI is InChI=1S/C19H16BrOP/c1-15-12-13-18(20)19(14-15)22(21,16-8-4-2-5-9-16)17-10-6-3-7-11-17/h2-14H,1H3. The Bertz CT molecular complexity index is 785. The highest BCUT2D eigenvalue weighted by atomic mass is 79.9. The summed E-state index contributed by atoms with van der Waals surface area (Å²) in [6, 6.07) is 25.5. The van der Waals surface area contributed by atoms with Crippen LogP contribution in [-0.2, 0) is 4.57 Å². The molecular weight excluding hydrogens is 355 g/mol. The van der Waals surface area contributed by atoms with Crippen LogP contribution < -0.4 is 15.9 Å². The van der Waals surface area contributed by atoms with Crippen LogP contribution in [0.15, 0.2) is 83.3 Å². The maximum Gasteiger partial charge on any atom is 0.172 e. The van der Waals surface area contributed by atoms with Crippen molar-refractivity contribution in [3.8, 4) is 0 Å². The Morgan fingerprint density at radius 2 is 1.27 bits per heavy atom. The molecule has 0 unspecified atom stereocenters. The zero-order valence-corrected chi connectivity index (χ0v) is 14.7. The van der Waals surface area contributed by atoms with E-state index >= 15 is 0 Å². The first-order valence-corrected chi connectivity index (χ1v) is 9.60. The Morgan fingerprint density at radius 3 is 1.77 bits per heavy atom. The van der Waals surface area contributed by atoms with E-state index in [2.05, 4.69) is 15.9 Å². The van der Waals surface area contributed by atoms with Crippen LogP contribution in [0.1, 0.15) is 5.56 Å². The van der Waals surface area contributed by atoms with Gasteiger partial charge in [-0.3, -0.25) is 0 Å². The Morgan fingerprint density at radius 1 is 0.773 bits per heavy atom. The molecule has 0 aliphatic carbocycles. The summed E-state index contributed by atoms with van der Waals surface area (Å²) in [7, 11) is -2.89. The average molecular weight is 371 g/mol. The Balaban J connectivity index is 2.34. The first-order valence-electron chi connectivity index (χ1n) is 7.10. The highest BCUT2D eigenvalue weighted by Crippen LogP contribution is 2.44. The number of halogens is 1. The molecule has 0 bridgehead atoms. The minimum absolute atomic E-state index is 0.852. The van der Waals surface area contributed by atoms with Crippen molar-refractivity contribution >= 4 is 39.0 Å². The van der Waals surface area contributed by atoms with Crippen molar-refractivity contribution in [3.05, 3.63) is 88.9 Å². The Hall–Kier alpha value is -1.63. The highest BCUT2D eigenvalue weighted by molar-refractivity contribution is 9.10. The second-order valence-electron chi connectivity index (χ2n) is 5.24. The van der Waals surface area contributed by atoms with E-state index in [0.29, 0.717) is 0 Å². The van der Waals surface area contributed by atoms with Crippen LogP contribution in [0.2, 0.25) is 0 Å². The minimum Gasteiger partial charge on any atom is -0.309 e. The summed E-state index contributed by atoms with van der Waals surface area (Å²) < 4.78 is 15.0. The molecule has 0 fully saturated rings. The molecule has 3 aromatic rings. The van der Waals surface area contributed by atoms with Crippen molar-refractivity contribution in [2.24, 2.45) is 0 Å².